The summed E-state index contributed by atoms with van der Waals surface area (Å²) in [6, 6.07) is 5.78. The monoisotopic (exact) mass is 329 g/mol. The first-order chi connectivity index (χ1) is 11.0. The van der Waals surface area contributed by atoms with E-state index in [0.29, 0.717) is 22.0 Å². The third-order valence-corrected chi connectivity index (χ3v) is 4.72. The highest BCUT2D eigenvalue weighted by molar-refractivity contribution is 7.20. The molecule has 0 saturated carbocycles. The van der Waals surface area contributed by atoms with Crippen LogP contribution in [0.1, 0.15) is 20.8 Å². The second kappa shape index (κ2) is 5.85. The SMILES string of the molecule is COc1ccc(C)cc1Nc1ncnc2sc(C(=O)O)c(C)c12. The molecule has 1 aromatic carbocycles. The smallest absolute Gasteiger partial charge is 0.346 e. The Bertz CT molecular complexity index is 905. The number of nitrogens with one attached hydrogen (secondary N) is 1. The first-order valence-electron chi connectivity index (χ1n) is 6.90. The van der Waals surface area contributed by atoms with Crippen molar-refractivity contribution >= 4 is 39.0 Å². The summed E-state index contributed by atoms with van der Waals surface area (Å²) in [6.07, 6.45) is 1.43. The first-order valence-corrected chi connectivity index (χ1v) is 7.72. The number of nitrogens with zero attached hydrogens (tertiary/aromatic N) is 2. The lowest BCUT2D eigenvalue weighted by molar-refractivity contribution is 0.0701. The van der Waals surface area contributed by atoms with Gasteiger partial charge in [-0.05, 0) is 37.1 Å². The molecule has 6 nitrogen and oxygen atoms in total. The molecule has 0 fully saturated rings. The van der Waals surface area contributed by atoms with Gasteiger partial charge in [0.2, 0.25) is 0 Å². The van der Waals surface area contributed by atoms with Crippen molar-refractivity contribution in [3.8, 4) is 5.75 Å². The number of carboxylic acids is 1. The molecule has 0 aliphatic rings. The van der Waals surface area contributed by atoms with Gasteiger partial charge in [0.15, 0.2) is 0 Å². The molecule has 0 radical (unpaired) electrons. The largest absolute Gasteiger partial charge is 0.495 e. The summed E-state index contributed by atoms with van der Waals surface area (Å²) in [5.74, 6) is 0.304. The summed E-state index contributed by atoms with van der Waals surface area (Å²) in [4.78, 5) is 20.7. The van der Waals surface area contributed by atoms with Crippen LogP contribution in [0.15, 0.2) is 24.5 Å². The molecule has 2 heterocycles. The second-order valence-corrected chi connectivity index (χ2v) is 6.09. The fourth-order valence-electron chi connectivity index (χ4n) is 2.42. The minimum Gasteiger partial charge on any atom is -0.495 e. The van der Waals surface area contributed by atoms with Crippen LogP contribution >= 0.6 is 11.3 Å². The number of benzene rings is 1. The number of carbonyl (C=O) groups is 1. The summed E-state index contributed by atoms with van der Waals surface area (Å²) in [5.41, 5.74) is 2.51. The number of rotatable bonds is 4. The second-order valence-electron chi connectivity index (χ2n) is 5.09. The van der Waals surface area contributed by atoms with E-state index in [9.17, 15) is 9.90 Å². The van der Waals surface area contributed by atoms with Gasteiger partial charge in [0, 0.05) is 0 Å². The molecule has 2 N–H and O–H groups in total. The lowest BCUT2D eigenvalue weighted by atomic mass is 10.2. The maximum atomic E-state index is 11.3. The van der Waals surface area contributed by atoms with Crippen molar-refractivity contribution in [3.05, 3.63) is 40.5 Å². The van der Waals surface area contributed by atoms with E-state index in [1.165, 1.54) is 6.33 Å². The number of hydrogen-bond donors (Lipinski definition) is 2. The lowest BCUT2D eigenvalue weighted by Gasteiger charge is -2.12. The van der Waals surface area contributed by atoms with Crippen molar-refractivity contribution in [2.75, 3.05) is 12.4 Å². The van der Waals surface area contributed by atoms with Gasteiger partial charge in [-0.15, -0.1) is 11.3 Å². The van der Waals surface area contributed by atoms with E-state index in [0.717, 1.165) is 28.0 Å². The summed E-state index contributed by atoms with van der Waals surface area (Å²) in [7, 11) is 1.60. The number of methoxy groups -OCH3 is 1. The Morgan fingerprint density at radius 2 is 2.09 bits per heavy atom. The first kappa shape index (κ1) is 15.2. The molecule has 0 saturated heterocycles. The van der Waals surface area contributed by atoms with E-state index >= 15 is 0 Å². The molecule has 0 bridgehead atoms. The number of aromatic carboxylic acids is 1. The summed E-state index contributed by atoms with van der Waals surface area (Å²) < 4.78 is 5.36. The Balaban J connectivity index is 2.14. The summed E-state index contributed by atoms with van der Waals surface area (Å²) >= 11 is 1.15. The van der Waals surface area contributed by atoms with Crippen molar-refractivity contribution in [3.63, 3.8) is 0 Å². The molecule has 2 aromatic heterocycles. The van der Waals surface area contributed by atoms with Crippen LogP contribution in [-0.2, 0) is 0 Å². The van der Waals surface area contributed by atoms with Crippen LogP contribution in [0.5, 0.6) is 5.75 Å². The van der Waals surface area contributed by atoms with E-state index in [4.69, 9.17) is 4.74 Å². The molecule has 0 unspecified atom stereocenters. The molecular formula is C16H15N3O3S. The molecule has 0 atom stereocenters. The molecule has 0 spiro atoms. The van der Waals surface area contributed by atoms with Gasteiger partial charge in [-0.25, -0.2) is 14.8 Å². The molecule has 3 aromatic rings. The molecule has 3 rings (SSSR count). The molecule has 0 aliphatic carbocycles. The number of aryl methyl sites for hydroxylation is 2. The Labute approximate surface area is 136 Å². The van der Waals surface area contributed by atoms with Crippen molar-refractivity contribution in [1.82, 2.24) is 9.97 Å². The molecule has 0 aliphatic heterocycles. The normalized spacial score (nSPS) is 10.7. The average Bonchev–Trinajstić information content (AvgIpc) is 2.86. The van der Waals surface area contributed by atoms with Crippen LogP contribution in [-0.4, -0.2) is 28.2 Å². The molecular weight excluding hydrogens is 314 g/mol. The standard InChI is InChI=1S/C16H15N3O3S/c1-8-4-5-11(22-3)10(6-8)19-14-12-9(2)13(16(20)21)23-15(12)18-7-17-14/h4-7H,1-3H3,(H,20,21)(H,17,18,19). The van der Waals surface area contributed by atoms with Gasteiger partial charge in [-0.2, -0.15) is 0 Å². The van der Waals surface area contributed by atoms with Crippen LogP contribution in [0.2, 0.25) is 0 Å². The number of thiophene rings is 1. The highest BCUT2D eigenvalue weighted by Crippen LogP contribution is 2.36. The van der Waals surface area contributed by atoms with Crippen LogP contribution in [0.3, 0.4) is 0 Å². The van der Waals surface area contributed by atoms with Crippen molar-refractivity contribution in [2.45, 2.75) is 13.8 Å². The predicted octanol–water partition coefficient (Wildman–Crippen LogP) is 3.76. The Hall–Kier alpha value is -2.67. The highest BCUT2D eigenvalue weighted by Gasteiger charge is 2.19. The number of ether oxygens (including phenoxy) is 1. The molecule has 0 amide bonds. The maximum absolute atomic E-state index is 11.3. The van der Waals surface area contributed by atoms with Gasteiger partial charge >= 0.3 is 5.97 Å². The molecule has 23 heavy (non-hydrogen) atoms. The minimum atomic E-state index is -0.954. The van der Waals surface area contributed by atoms with Crippen molar-refractivity contribution < 1.29 is 14.6 Å². The van der Waals surface area contributed by atoms with Crippen LogP contribution in [0, 0.1) is 13.8 Å². The quantitative estimate of drug-likeness (QED) is 0.758. The Kier molecular flexibility index (Phi) is 3.87. The average molecular weight is 329 g/mol. The van der Waals surface area contributed by atoms with Gasteiger partial charge in [0.1, 0.15) is 27.6 Å². The lowest BCUT2D eigenvalue weighted by Crippen LogP contribution is -1.99. The van der Waals surface area contributed by atoms with E-state index in [1.807, 2.05) is 25.1 Å². The zero-order valence-electron chi connectivity index (χ0n) is 12.9. The van der Waals surface area contributed by atoms with Gasteiger partial charge in [-0.3, -0.25) is 0 Å². The van der Waals surface area contributed by atoms with Gasteiger partial charge in [0.05, 0.1) is 18.2 Å². The highest BCUT2D eigenvalue weighted by atomic mass is 32.1. The Morgan fingerprint density at radius 3 is 2.78 bits per heavy atom. The molecule has 118 valence electrons. The number of hydrogen-bond acceptors (Lipinski definition) is 6. The third kappa shape index (κ3) is 2.70. The third-order valence-electron chi connectivity index (χ3n) is 3.53. The van der Waals surface area contributed by atoms with Gasteiger partial charge < -0.3 is 15.2 Å². The molecule has 7 heteroatoms. The van der Waals surface area contributed by atoms with Crippen LogP contribution in [0.25, 0.3) is 10.2 Å². The summed E-state index contributed by atoms with van der Waals surface area (Å²) in [6.45, 7) is 3.75. The zero-order valence-corrected chi connectivity index (χ0v) is 13.7. The van der Waals surface area contributed by atoms with E-state index in [-0.39, 0.29) is 4.88 Å². The number of aromatic nitrogens is 2. The van der Waals surface area contributed by atoms with E-state index < -0.39 is 5.97 Å². The van der Waals surface area contributed by atoms with E-state index in [1.54, 1.807) is 14.0 Å². The zero-order chi connectivity index (χ0) is 16.6. The predicted molar refractivity (Wildman–Crippen MR) is 90.1 cm³/mol. The fourth-order valence-corrected chi connectivity index (χ4v) is 3.40. The number of anilines is 2. The minimum absolute atomic E-state index is 0.278. The van der Waals surface area contributed by atoms with Crippen molar-refractivity contribution in [2.24, 2.45) is 0 Å². The van der Waals surface area contributed by atoms with Crippen molar-refractivity contribution in [1.29, 1.82) is 0 Å². The van der Waals surface area contributed by atoms with E-state index in [2.05, 4.69) is 15.3 Å². The number of carboxylic acid groups (broad SMARTS) is 1. The van der Waals surface area contributed by atoms with Crippen LogP contribution < -0.4 is 10.1 Å². The van der Waals surface area contributed by atoms with Gasteiger partial charge in [-0.1, -0.05) is 6.07 Å². The van der Waals surface area contributed by atoms with Crippen LogP contribution in [0.4, 0.5) is 11.5 Å². The Morgan fingerprint density at radius 1 is 1.30 bits per heavy atom. The topological polar surface area (TPSA) is 84.3 Å². The fraction of sp³-hybridized carbons (Fsp3) is 0.188. The van der Waals surface area contributed by atoms with Gasteiger partial charge in [0.25, 0.3) is 0 Å². The number of fused-ring (bicyclic) bond motifs is 1. The summed E-state index contributed by atoms with van der Waals surface area (Å²) in [5, 5.41) is 13.2. The maximum Gasteiger partial charge on any atom is 0.346 e.